The first kappa shape index (κ1) is 46.7. The zero-order valence-corrected chi connectivity index (χ0v) is 45.7. The number of para-hydroxylation sites is 4. The first-order chi connectivity index (χ1) is 40.7. The first-order valence-corrected chi connectivity index (χ1v) is 29.4. The topological polar surface area (TPSA) is 36.1 Å². The molecule has 6 heterocycles. The Morgan fingerprint density at radius 3 is 1.22 bits per heavy atom. The Hall–Kier alpha value is -10.2. The molecule has 0 saturated heterocycles. The Balaban J connectivity index is 0.000000130. The summed E-state index contributed by atoms with van der Waals surface area (Å²) in [5.41, 5.74) is 20.2. The van der Waals surface area contributed by atoms with Gasteiger partial charge in [0, 0.05) is 73.3 Å². The fourth-order valence-electron chi connectivity index (χ4n) is 12.8. The van der Waals surface area contributed by atoms with Crippen LogP contribution in [0.5, 0.6) is 0 Å². The van der Waals surface area contributed by atoms with Crippen molar-refractivity contribution in [2.45, 2.75) is 0 Å². The van der Waals surface area contributed by atoms with Crippen molar-refractivity contribution in [1.29, 1.82) is 0 Å². The lowest BCUT2D eigenvalue weighted by Crippen LogP contribution is -1.93. The summed E-state index contributed by atoms with van der Waals surface area (Å²) < 4.78 is 23.0. The average Bonchev–Trinajstić information content (AvgIpc) is 3.10. The Bertz CT molecular complexity index is 5530. The van der Waals surface area contributed by atoms with Crippen LogP contribution in [0.15, 0.2) is 288 Å². The lowest BCUT2D eigenvalue weighted by Gasteiger charge is -2.12. The van der Waals surface area contributed by atoms with Gasteiger partial charge in [0.15, 0.2) is 11.2 Å². The average molecular weight is 1080 g/mol. The number of furan rings is 2. The van der Waals surface area contributed by atoms with E-state index in [-0.39, 0.29) is 0 Å². The molecule has 0 aliphatic rings. The second kappa shape index (κ2) is 18.7. The van der Waals surface area contributed by atoms with Gasteiger partial charge in [0.05, 0.1) is 11.0 Å². The van der Waals surface area contributed by atoms with Gasteiger partial charge in [-0.05, 0) is 148 Å². The minimum Gasteiger partial charge on any atom is -0.454 e. The lowest BCUT2D eigenvalue weighted by atomic mass is 9.91. The van der Waals surface area contributed by atoms with Crippen LogP contribution in [0, 0.1) is 0 Å². The van der Waals surface area contributed by atoms with Crippen LogP contribution in [0.2, 0.25) is 0 Å². The maximum atomic E-state index is 6.55. The Morgan fingerprint density at radius 1 is 0.256 bits per heavy atom. The second-order valence-electron chi connectivity index (χ2n) is 21.0. The van der Waals surface area contributed by atoms with E-state index >= 15 is 0 Å². The monoisotopic (exact) mass is 1080 g/mol. The quantitative estimate of drug-likeness (QED) is 0.166. The molecule has 0 amide bonds. The van der Waals surface area contributed by atoms with Crippen LogP contribution in [0.3, 0.4) is 0 Å². The molecule has 0 spiro atoms. The van der Waals surface area contributed by atoms with E-state index in [1.54, 1.807) is 0 Å². The fourth-order valence-corrected chi connectivity index (χ4v) is 15.0. The molecule has 0 aliphatic heterocycles. The summed E-state index contributed by atoms with van der Waals surface area (Å²) in [4.78, 5) is 0. The molecule has 0 unspecified atom stereocenters. The number of rotatable bonds is 6. The molecule has 18 aromatic rings. The number of benzene rings is 12. The predicted octanol–water partition coefficient (Wildman–Crippen LogP) is 22.5. The van der Waals surface area contributed by atoms with Crippen molar-refractivity contribution in [3.05, 3.63) is 279 Å². The molecule has 18 rings (SSSR count). The summed E-state index contributed by atoms with van der Waals surface area (Å²) in [7, 11) is 0. The minimum absolute atomic E-state index is 0.901. The number of hydrogen-bond donors (Lipinski definition) is 0. The second-order valence-corrected chi connectivity index (χ2v) is 23.2. The molecule has 0 radical (unpaired) electrons. The van der Waals surface area contributed by atoms with Gasteiger partial charge in [-0.1, -0.05) is 176 Å². The van der Waals surface area contributed by atoms with Gasteiger partial charge in [0.2, 0.25) is 0 Å². The summed E-state index contributed by atoms with van der Waals surface area (Å²) in [6.45, 7) is 0. The predicted molar refractivity (Wildman–Crippen MR) is 349 cm³/mol. The lowest BCUT2D eigenvalue weighted by molar-refractivity contribution is 0.672. The zero-order valence-electron chi connectivity index (χ0n) is 44.1. The number of aromatic nitrogens is 2. The smallest absolute Gasteiger partial charge is 0.161 e. The highest BCUT2D eigenvalue weighted by molar-refractivity contribution is 7.26. The van der Waals surface area contributed by atoms with Crippen LogP contribution in [0.1, 0.15) is 0 Å². The van der Waals surface area contributed by atoms with E-state index in [1.165, 1.54) is 84.9 Å². The van der Waals surface area contributed by atoms with E-state index in [0.29, 0.717) is 0 Å². The Kier molecular flexibility index (Phi) is 10.6. The van der Waals surface area contributed by atoms with Gasteiger partial charge in [-0.2, -0.15) is 0 Å². The van der Waals surface area contributed by atoms with Crippen LogP contribution >= 0.6 is 22.7 Å². The number of hydrogen-bond acceptors (Lipinski definition) is 4. The van der Waals surface area contributed by atoms with Crippen molar-refractivity contribution < 1.29 is 8.83 Å². The highest BCUT2D eigenvalue weighted by atomic mass is 32.1. The van der Waals surface area contributed by atoms with E-state index in [0.717, 1.165) is 77.3 Å². The third-order valence-corrected chi connectivity index (χ3v) is 18.7. The molecule has 0 fully saturated rings. The zero-order chi connectivity index (χ0) is 53.8. The molecule has 0 saturated carbocycles. The molecule has 0 atom stereocenters. The molecule has 82 heavy (non-hydrogen) atoms. The summed E-state index contributed by atoms with van der Waals surface area (Å²) in [5, 5.41) is 9.77. The van der Waals surface area contributed by atoms with E-state index in [9.17, 15) is 0 Å². The van der Waals surface area contributed by atoms with E-state index in [2.05, 4.69) is 288 Å². The Labute approximate surface area is 478 Å². The van der Waals surface area contributed by atoms with Crippen LogP contribution in [-0.2, 0) is 0 Å². The van der Waals surface area contributed by atoms with Gasteiger partial charge < -0.3 is 18.0 Å². The van der Waals surface area contributed by atoms with Gasteiger partial charge in [-0.3, -0.25) is 0 Å². The van der Waals surface area contributed by atoms with Crippen LogP contribution in [0.25, 0.3) is 162 Å². The normalized spacial score (nSPS) is 11.9. The van der Waals surface area contributed by atoms with Crippen molar-refractivity contribution >= 4 is 129 Å². The van der Waals surface area contributed by atoms with Gasteiger partial charge >= 0.3 is 0 Å². The molecular weight excluding hydrogens is 1040 g/mol. The molecule has 0 bridgehead atoms. The van der Waals surface area contributed by atoms with Crippen molar-refractivity contribution in [3.63, 3.8) is 0 Å². The largest absolute Gasteiger partial charge is 0.454 e. The fraction of sp³-hybridized carbons (Fsp3) is 0. The highest BCUT2D eigenvalue weighted by Gasteiger charge is 2.23. The summed E-state index contributed by atoms with van der Waals surface area (Å²) in [5.74, 6) is 0. The molecular formula is C76H46N2O2S2. The Morgan fingerprint density at radius 2 is 0.646 bits per heavy atom. The molecule has 4 nitrogen and oxygen atoms in total. The van der Waals surface area contributed by atoms with E-state index < -0.39 is 0 Å². The minimum atomic E-state index is 0.901. The van der Waals surface area contributed by atoms with Crippen LogP contribution in [0.4, 0.5) is 0 Å². The molecule has 0 N–H and O–H groups in total. The standard InChI is InChI=1S/2C38H23NOS/c1-2-11-25(12-3-1)39-32-18-8-6-15-29(32)38-37(39)31-23-24(21-22-33(31)40-38)26-13-4-5-14-27(26)28-17-10-20-35-36(28)30-16-7-9-19-34(30)41-35;1-2-10-26(11-3-1)39-33-16-8-6-15-30(33)38-37(39)32-23-24(18-20-34(32)40-38)27-12-4-5-13-28(27)25-19-21-36-31(22-25)29-14-7-9-17-35(29)41-36/h2*1-23H. The van der Waals surface area contributed by atoms with Crippen molar-refractivity contribution in [1.82, 2.24) is 9.13 Å². The number of thiophene rings is 2. The third kappa shape index (κ3) is 7.29. The summed E-state index contributed by atoms with van der Waals surface area (Å²) in [6, 6.07) is 99.9. The maximum Gasteiger partial charge on any atom is 0.161 e. The molecule has 6 aromatic heterocycles. The van der Waals surface area contributed by atoms with E-state index in [1.807, 2.05) is 22.7 Å². The first-order valence-electron chi connectivity index (χ1n) is 27.7. The van der Waals surface area contributed by atoms with Gasteiger partial charge in [-0.15, -0.1) is 22.7 Å². The molecule has 384 valence electrons. The third-order valence-electron chi connectivity index (χ3n) is 16.4. The number of fused-ring (bicyclic) bond motifs is 16. The number of nitrogens with zero attached hydrogens (tertiary/aromatic N) is 2. The van der Waals surface area contributed by atoms with Crippen LogP contribution in [-0.4, -0.2) is 9.13 Å². The van der Waals surface area contributed by atoms with Gasteiger partial charge in [0.25, 0.3) is 0 Å². The van der Waals surface area contributed by atoms with E-state index in [4.69, 9.17) is 8.83 Å². The molecule has 12 aromatic carbocycles. The maximum absolute atomic E-state index is 6.55. The van der Waals surface area contributed by atoms with Gasteiger partial charge in [-0.25, -0.2) is 0 Å². The summed E-state index contributed by atoms with van der Waals surface area (Å²) in [6.07, 6.45) is 0. The molecule has 6 heteroatoms. The SMILES string of the molecule is c1ccc(-n2c3ccccc3c3oc4ccc(-c5ccccc5-c5ccc6sc7ccccc7c6c5)cc4c32)cc1.c1ccc(-n2c3ccccc3c3oc4ccc(-c5ccccc5-c5cccc6sc7ccccc7c56)cc4c32)cc1. The van der Waals surface area contributed by atoms with Crippen molar-refractivity contribution in [2.24, 2.45) is 0 Å². The van der Waals surface area contributed by atoms with Crippen molar-refractivity contribution in [3.8, 4) is 55.9 Å². The molecule has 0 aliphatic carbocycles. The van der Waals surface area contributed by atoms with Crippen molar-refractivity contribution in [2.75, 3.05) is 0 Å². The van der Waals surface area contributed by atoms with Crippen LogP contribution < -0.4 is 0 Å². The highest BCUT2D eigenvalue weighted by Crippen LogP contribution is 2.47. The summed E-state index contributed by atoms with van der Waals surface area (Å²) >= 11 is 3.72. The van der Waals surface area contributed by atoms with Gasteiger partial charge in [0.1, 0.15) is 22.2 Å².